The summed E-state index contributed by atoms with van der Waals surface area (Å²) >= 11 is 12.1. The first-order valence-corrected chi connectivity index (χ1v) is 6.61. The van der Waals surface area contributed by atoms with Gasteiger partial charge in [-0.25, -0.2) is 0 Å². The number of anilines is 1. The van der Waals surface area contributed by atoms with E-state index in [1.165, 1.54) is 0 Å². The maximum absolute atomic E-state index is 6.06. The third-order valence-corrected chi connectivity index (χ3v) is 3.76. The Labute approximate surface area is 120 Å². The molecule has 0 aliphatic heterocycles. The van der Waals surface area contributed by atoms with Crippen molar-refractivity contribution in [1.29, 1.82) is 0 Å². The maximum Gasteiger partial charge on any atom is 0.0719 e. The van der Waals surface area contributed by atoms with Gasteiger partial charge in [0.25, 0.3) is 0 Å². The molecule has 1 aromatic carbocycles. The second-order valence-electron chi connectivity index (χ2n) is 4.37. The summed E-state index contributed by atoms with van der Waals surface area (Å²) in [5, 5.41) is 6.38. The molecule has 0 aliphatic carbocycles. The van der Waals surface area contributed by atoms with Gasteiger partial charge >= 0.3 is 0 Å². The lowest BCUT2D eigenvalue weighted by Gasteiger charge is -2.06. The van der Waals surface area contributed by atoms with Crippen LogP contribution in [0.5, 0.6) is 0 Å². The molecule has 0 radical (unpaired) electrons. The molecule has 0 saturated carbocycles. The van der Waals surface area contributed by atoms with E-state index in [9.17, 15) is 0 Å². The summed E-state index contributed by atoms with van der Waals surface area (Å²) in [6.45, 7) is 1.55. The maximum atomic E-state index is 6.06. The lowest BCUT2D eigenvalue weighted by molar-refractivity contribution is 0.543. The van der Waals surface area contributed by atoms with Crippen LogP contribution in [0.15, 0.2) is 36.8 Å². The highest BCUT2D eigenvalue weighted by Crippen LogP contribution is 2.28. The van der Waals surface area contributed by atoms with E-state index in [0.717, 1.165) is 24.0 Å². The molecule has 2 heterocycles. The molecule has 98 valence electrons. The second-order valence-corrected chi connectivity index (χ2v) is 5.19. The number of nitrogens with two attached hydrogens (primary N) is 1. The van der Waals surface area contributed by atoms with Crippen molar-refractivity contribution >= 4 is 39.8 Å². The first-order chi connectivity index (χ1) is 9.13. The molecule has 0 unspecified atom stereocenters. The van der Waals surface area contributed by atoms with Crippen molar-refractivity contribution in [2.75, 3.05) is 5.73 Å². The summed E-state index contributed by atoms with van der Waals surface area (Å²) in [5.74, 6) is 0. The smallest absolute Gasteiger partial charge is 0.0719 e. The monoisotopic (exact) mass is 294 g/mol. The molecule has 0 bridgehead atoms. The summed E-state index contributed by atoms with van der Waals surface area (Å²) < 4.78 is 3.94. The first-order valence-electron chi connectivity index (χ1n) is 5.85. The van der Waals surface area contributed by atoms with Crippen LogP contribution >= 0.6 is 23.2 Å². The summed E-state index contributed by atoms with van der Waals surface area (Å²) in [4.78, 5) is 0. The van der Waals surface area contributed by atoms with Crippen molar-refractivity contribution in [3.05, 3.63) is 46.8 Å². The number of aryl methyl sites for hydroxylation is 2. The van der Waals surface area contributed by atoms with Crippen molar-refractivity contribution in [1.82, 2.24) is 14.3 Å². The highest BCUT2D eigenvalue weighted by atomic mass is 35.5. The van der Waals surface area contributed by atoms with Crippen LogP contribution in [-0.2, 0) is 13.1 Å². The van der Waals surface area contributed by atoms with Gasteiger partial charge in [0, 0.05) is 29.8 Å². The lowest BCUT2D eigenvalue weighted by atomic mass is 10.2. The van der Waals surface area contributed by atoms with E-state index in [-0.39, 0.29) is 0 Å². The standard InChI is InChI=1S/C13H12Cl2N4/c14-11-5-9-1-2-18(13(9)6-12(11)15)3-4-19-8-10(16)7-17-19/h1-2,5-8H,3-4,16H2. The Kier molecular flexibility index (Phi) is 3.12. The Morgan fingerprint density at radius 3 is 2.68 bits per heavy atom. The molecule has 0 aliphatic rings. The molecule has 4 nitrogen and oxygen atoms in total. The van der Waals surface area contributed by atoms with Crippen molar-refractivity contribution < 1.29 is 0 Å². The summed E-state index contributed by atoms with van der Waals surface area (Å²) in [6.07, 6.45) is 5.48. The summed E-state index contributed by atoms with van der Waals surface area (Å²) in [7, 11) is 0. The van der Waals surface area contributed by atoms with Crippen molar-refractivity contribution in [3.8, 4) is 0 Å². The number of hydrogen-bond acceptors (Lipinski definition) is 2. The van der Waals surface area contributed by atoms with Gasteiger partial charge in [-0.15, -0.1) is 0 Å². The fraction of sp³-hybridized carbons (Fsp3) is 0.154. The zero-order chi connectivity index (χ0) is 13.4. The quantitative estimate of drug-likeness (QED) is 0.804. The van der Waals surface area contributed by atoms with E-state index in [4.69, 9.17) is 28.9 Å². The van der Waals surface area contributed by atoms with Gasteiger partial charge in [0.15, 0.2) is 0 Å². The molecule has 0 spiro atoms. The van der Waals surface area contributed by atoms with Crippen molar-refractivity contribution in [2.45, 2.75) is 13.1 Å². The van der Waals surface area contributed by atoms with Gasteiger partial charge < -0.3 is 10.3 Å². The molecule has 0 fully saturated rings. The largest absolute Gasteiger partial charge is 0.396 e. The Morgan fingerprint density at radius 2 is 1.95 bits per heavy atom. The molecule has 3 rings (SSSR count). The molecular formula is C13H12Cl2N4. The van der Waals surface area contributed by atoms with Gasteiger partial charge in [-0.1, -0.05) is 23.2 Å². The highest BCUT2D eigenvalue weighted by molar-refractivity contribution is 6.42. The van der Waals surface area contributed by atoms with Gasteiger partial charge in [-0.3, -0.25) is 4.68 Å². The fourth-order valence-electron chi connectivity index (χ4n) is 2.09. The lowest BCUT2D eigenvalue weighted by Crippen LogP contribution is -2.06. The molecule has 3 aromatic rings. The number of benzene rings is 1. The SMILES string of the molecule is Nc1cnn(CCn2ccc3cc(Cl)c(Cl)cc32)c1. The van der Waals surface area contributed by atoms with Crippen LogP contribution in [-0.4, -0.2) is 14.3 Å². The van der Waals surface area contributed by atoms with Gasteiger partial charge in [-0.05, 0) is 18.2 Å². The average molecular weight is 295 g/mol. The Hall–Kier alpha value is -1.65. The van der Waals surface area contributed by atoms with Crippen LogP contribution in [0.2, 0.25) is 10.0 Å². The van der Waals surface area contributed by atoms with E-state index >= 15 is 0 Å². The third-order valence-electron chi connectivity index (χ3n) is 3.04. The fourth-order valence-corrected chi connectivity index (χ4v) is 2.42. The molecule has 0 atom stereocenters. The zero-order valence-corrected chi connectivity index (χ0v) is 11.6. The Balaban J connectivity index is 1.87. The number of halogens is 2. The van der Waals surface area contributed by atoms with Crippen LogP contribution in [0.1, 0.15) is 0 Å². The van der Waals surface area contributed by atoms with Crippen LogP contribution in [0.3, 0.4) is 0 Å². The average Bonchev–Trinajstić information content (AvgIpc) is 2.95. The number of aromatic nitrogens is 3. The predicted octanol–water partition coefficient (Wildman–Crippen LogP) is 3.43. The van der Waals surface area contributed by atoms with Crippen LogP contribution in [0, 0.1) is 0 Å². The number of fused-ring (bicyclic) bond motifs is 1. The topological polar surface area (TPSA) is 48.8 Å². The van der Waals surface area contributed by atoms with Gasteiger partial charge in [0.05, 0.1) is 28.5 Å². The van der Waals surface area contributed by atoms with Crippen molar-refractivity contribution in [2.24, 2.45) is 0 Å². The summed E-state index contributed by atoms with van der Waals surface area (Å²) in [6, 6.07) is 5.79. The first kappa shape index (κ1) is 12.4. The zero-order valence-electron chi connectivity index (χ0n) is 10.1. The number of rotatable bonds is 3. The molecule has 2 N–H and O–H groups in total. The van der Waals surface area contributed by atoms with E-state index in [2.05, 4.69) is 9.67 Å². The molecular weight excluding hydrogens is 283 g/mol. The van der Waals surface area contributed by atoms with E-state index in [1.54, 1.807) is 6.20 Å². The molecule has 0 amide bonds. The number of hydrogen-bond donors (Lipinski definition) is 1. The molecule has 0 saturated heterocycles. The minimum atomic E-state index is 0.567. The van der Waals surface area contributed by atoms with Crippen LogP contribution < -0.4 is 5.73 Å². The number of nitrogens with zero attached hydrogens (tertiary/aromatic N) is 3. The summed E-state index contributed by atoms with van der Waals surface area (Å²) in [5.41, 5.74) is 7.37. The Bertz CT molecular complexity index is 729. The van der Waals surface area contributed by atoms with Crippen LogP contribution in [0.4, 0.5) is 5.69 Å². The van der Waals surface area contributed by atoms with Crippen LogP contribution in [0.25, 0.3) is 10.9 Å². The predicted molar refractivity (Wildman–Crippen MR) is 78.6 cm³/mol. The highest BCUT2D eigenvalue weighted by Gasteiger charge is 2.06. The molecule has 6 heteroatoms. The molecule has 2 aromatic heterocycles. The Morgan fingerprint density at radius 1 is 1.16 bits per heavy atom. The van der Waals surface area contributed by atoms with E-state index < -0.39 is 0 Å². The third kappa shape index (κ3) is 2.41. The van der Waals surface area contributed by atoms with E-state index in [1.807, 2.05) is 35.3 Å². The normalized spacial score (nSPS) is 11.3. The molecule has 19 heavy (non-hydrogen) atoms. The second kappa shape index (κ2) is 4.79. The van der Waals surface area contributed by atoms with Gasteiger partial charge in [0.1, 0.15) is 0 Å². The minimum absolute atomic E-state index is 0.567. The number of nitrogen functional groups attached to an aromatic ring is 1. The minimum Gasteiger partial charge on any atom is -0.396 e. The van der Waals surface area contributed by atoms with Gasteiger partial charge in [0.2, 0.25) is 0 Å². The van der Waals surface area contributed by atoms with E-state index in [0.29, 0.717) is 15.7 Å². The van der Waals surface area contributed by atoms with Crippen molar-refractivity contribution in [3.63, 3.8) is 0 Å². The van der Waals surface area contributed by atoms with Gasteiger partial charge in [-0.2, -0.15) is 5.10 Å².